The summed E-state index contributed by atoms with van der Waals surface area (Å²) in [7, 11) is 0. The monoisotopic (exact) mass is 275 g/mol. The van der Waals surface area contributed by atoms with E-state index in [4.69, 9.17) is 0 Å². The molecule has 0 radical (unpaired) electrons. The van der Waals surface area contributed by atoms with Gasteiger partial charge in [-0.1, -0.05) is 30.3 Å². The third-order valence-corrected chi connectivity index (χ3v) is 2.80. The van der Waals surface area contributed by atoms with Crippen molar-refractivity contribution in [2.45, 2.75) is 6.04 Å². The average molecular weight is 275 g/mol. The summed E-state index contributed by atoms with van der Waals surface area (Å²) in [6.07, 6.45) is 0. The van der Waals surface area contributed by atoms with Crippen molar-refractivity contribution in [2.75, 3.05) is 6.61 Å². The molecule has 1 atom stereocenters. The second-order valence-corrected chi connectivity index (χ2v) is 4.13. The van der Waals surface area contributed by atoms with Crippen LogP contribution in [0.1, 0.15) is 22.1 Å². The second-order valence-electron chi connectivity index (χ2n) is 4.13. The van der Waals surface area contributed by atoms with Crippen LogP contribution in [0.15, 0.2) is 42.5 Å². The maximum Gasteiger partial charge on any atom is 0.321 e. The van der Waals surface area contributed by atoms with Gasteiger partial charge in [0.25, 0.3) is 5.91 Å². The molecule has 1 aromatic carbocycles. The van der Waals surface area contributed by atoms with E-state index in [-0.39, 0.29) is 18.1 Å². The lowest BCUT2D eigenvalue weighted by Crippen LogP contribution is -2.31. The van der Waals surface area contributed by atoms with E-state index in [2.05, 4.69) is 10.3 Å². The fourth-order valence-corrected chi connectivity index (χ4v) is 1.78. The first-order valence-corrected chi connectivity index (χ1v) is 5.92. The van der Waals surface area contributed by atoms with Crippen molar-refractivity contribution in [3.8, 4) is 0 Å². The fourth-order valence-electron chi connectivity index (χ4n) is 1.78. The van der Waals surface area contributed by atoms with Gasteiger partial charge in [-0.15, -0.1) is 0 Å². The highest BCUT2D eigenvalue weighted by atomic mass is 16.6. The smallest absolute Gasteiger partial charge is 0.321 e. The number of aliphatic hydroxyl groups excluding tert-OH is 1. The Morgan fingerprint density at radius 2 is 2.00 bits per heavy atom. The van der Waals surface area contributed by atoms with Crippen LogP contribution in [0.5, 0.6) is 0 Å². The molecule has 0 aliphatic rings. The number of nitro groups is 1. The molecule has 3 N–H and O–H groups in total. The number of aliphatic hydroxyl groups is 1. The molecule has 1 amide bonds. The number of hydrogen-bond acceptors (Lipinski definition) is 4. The highest BCUT2D eigenvalue weighted by molar-refractivity contribution is 5.93. The predicted octanol–water partition coefficient (Wildman–Crippen LogP) is 1.39. The molecule has 0 aliphatic heterocycles. The zero-order valence-corrected chi connectivity index (χ0v) is 10.4. The number of carbonyl (C=O) groups is 1. The van der Waals surface area contributed by atoms with E-state index < -0.39 is 16.9 Å². The summed E-state index contributed by atoms with van der Waals surface area (Å²) in [5.41, 5.74) is 0.829. The molecule has 7 heteroatoms. The Labute approximate surface area is 114 Å². The van der Waals surface area contributed by atoms with Gasteiger partial charge in [0, 0.05) is 6.07 Å². The molecule has 2 rings (SSSR count). The zero-order chi connectivity index (χ0) is 14.5. The van der Waals surface area contributed by atoms with E-state index in [1.807, 2.05) is 6.07 Å². The van der Waals surface area contributed by atoms with Crippen LogP contribution in [0.2, 0.25) is 0 Å². The Morgan fingerprint density at radius 1 is 1.30 bits per heavy atom. The van der Waals surface area contributed by atoms with Crippen LogP contribution in [0.25, 0.3) is 0 Å². The van der Waals surface area contributed by atoms with E-state index in [1.54, 1.807) is 24.3 Å². The molecule has 1 aromatic heterocycles. The second kappa shape index (κ2) is 5.98. The Kier molecular flexibility index (Phi) is 4.11. The fraction of sp³-hybridized carbons (Fsp3) is 0.154. The van der Waals surface area contributed by atoms with Crippen LogP contribution in [0.3, 0.4) is 0 Å². The number of rotatable bonds is 5. The third-order valence-electron chi connectivity index (χ3n) is 2.80. The van der Waals surface area contributed by atoms with Gasteiger partial charge in [0.2, 0.25) is 0 Å². The van der Waals surface area contributed by atoms with E-state index in [0.717, 1.165) is 5.56 Å². The molecule has 0 bridgehead atoms. The lowest BCUT2D eigenvalue weighted by molar-refractivity contribution is -0.389. The highest BCUT2D eigenvalue weighted by Gasteiger charge is 2.19. The number of nitrogens with one attached hydrogen (secondary N) is 2. The topological polar surface area (TPSA) is 108 Å². The van der Waals surface area contributed by atoms with Gasteiger partial charge in [0.15, 0.2) is 5.69 Å². The highest BCUT2D eigenvalue weighted by Crippen LogP contribution is 2.14. The van der Waals surface area contributed by atoms with Gasteiger partial charge in [-0.05, 0) is 16.6 Å². The van der Waals surface area contributed by atoms with Crippen molar-refractivity contribution in [2.24, 2.45) is 0 Å². The number of aromatic amines is 1. The van der Waals surface area contributed by atoms with Crippen LogP contribution in [-0.2, 0) is 0 Å². The summed E-state index contributed by atoms with van der Waals surface area (Å²) >= 11 is 0. The van der Waals surface area contributed by atoms with Crippen LogP contribution >= 0.6 is 0 Å². The minimum Gasteiger partial charge on any atom is -0.394 e. The molecule has 0 saturated heterocycles. The Morgan fingerprint density at radius 3 is 2.55 bits per heavy atom. The molecule has 0 saturated carbocycles. The van der Waals surface area contributed by atoms with Crippen molar-refractivity contribution < 1.29 is 14.8 Å². The summed E-state index contributed by atoms with van der Waals surface area (Å²) in [5.74, 6) is -0.767. The zero-order valence-electron chi connectivity index (χ0n) is 10.4. The SMILES string of the molecule is O=C(N[C@@H](CO)c1ccccc1)c1ccc([N+](=O)[O-])[nH]1. The van der Waals surface area contributed by atoms with Gasteiger partial charge in [0.05, 0.1) is 12.6 Å². The van der Waals surface area contributed by atoms with Gasteiger partial charge in [-0.2, -0.15) is 0 Å². The molecule has 0 aliphatic carbocycles. The summed E-state index contributed by atoms with van der Waals surface area (Å²) in [6, 6.07) is 10.9. The summed E-state index contributed by atoms with van der Waals surface area (Å²) < 4.78 is 0. The molecular weight excluding hydrogens is 262 g/mol. The van der Waals surface area contributed by atoms with Crippen molar-refractivity contribution in [1.82, 2.24) is 10.3 Å². The first-order chi connectivity index (χ1) is 9.61. The Hall–Kier alpha value is -2.67. The number of benzene rings is 1. The molecule has 0 unspecified atom stereocenters. The van der Waals surface area contributed by atoms with Crippen LogP contribution in [-0.4, -0.2) is 27.5 Å². The number of aromatic nitrogens is 1. The Bertz CT molecular complexity index is 609. The van der Waals surface area contributed by atoms with E-state index >= 15 is 0 Å². The summed E-state index contributed by atoms with van der Waals surface area (Å²) in [6.45, 7) is -0.265. The number of nitrogens with zero attached hydrogens (tertiary/aromatic N) is 1. The maximum absolute atomic E-state index is 11.9. The molecule has 2 aromatic rings. The van der Waals surface area contributed by atoms with Crippen LogP contribution in [0.4, 0.5) is 5.82 Å². The van der Waals surface area contributed by atoms with Gasteiger partial charge in [-0.3, -0.25) is 4.79 Å². The van der Waals surface area contributed by atoms with Crippen molar-refractivity contribution >= 4 is 11.7 Å². The molecule has 0 spiro atoms. The maximum atomic E-state index is 11.9. The van der Waals surface area contributed by atoms with Gasteiger partial charge >= 0.3 is 5.82 Å². The minimum absolute atomic E-state index is 0.0751. The van der Waals surface area contributed by atoms with Gasteiger partial charge in [-0.25, -0.2) is 4.98 Å². The standard InChI is InChI=1S/C13H13N3O4/c17-8-11(9-4-2-1-3-5-9)15-13(18)10-6-7-12(14-10)16(19)20/h1-7,11,14,17H,8H2,(H,15,18)/t11-/m0/s1. The quantitative estimate of drug-likeness (QED) is 0.566. The Balaban J connectivity index is 2.11. The first-order valence-electron chi connectivity index (χ1n) is 5.92. The number of hydrogen-bond donors (Lipinski definition) is 3. The molecule has 1 heterocycles. The van der Waals surface area contributed by atoms with Crippen molar-refractivity contribution in [3.63, 3.8) is 0 Å². The molecule has 0 fully saturated rings. The first kappa shape index (κ1) is 13.8. The van der Waals surface area contributed by atoms with Crippen molar-refractivity contribution in [3.05, 3.63) is 63.8 Å². The lowest BCUT2D eigenvalue weighted by atomic mass is 10.1. The molecule has 104 valence electrons. The number of H-pyrrole nitrogens is 1. The lowest BCUT2D eigenvalue weighted by Gasteiger charge is -2.15. The number of amides is 1. The average Bonchev–Trinajstić information content (AvgIpc) is 2.95. The minimum atomic E-state index is -0.614. The third kappa shape index (κ3) is 3.01. The van der Waals surface area contributed by atoms with Gasteiger partial charge < -0.3 is 20.5 Å². The number of carbonyl (C=O) groups excluding carboxylic acids is 1. The molecule has 7 nitrogen and oxygen atoms in total. The largest absolute Gasteiger partial charge is 0.394 e. The van der Waals surface area contributed by atoms with Crippen LogP contribution < -0.4 is 5.32 Å². The molecular formula is C13H13N3O4. The van der Waals surface area contributed by atoms with E-state index in [1.165, 1.54) is 12.1 Å². The van der Waals surface area contributed by atoms with Gasteiger partial charge in [0.1, 0.15) is 0 Å². The van der Waals surface area contributed by atoms with Crippen LogP contribution in [0, 0.1) is 10.1 Å². The molecule has 20 heavy (non-hydrogen) atoms. The predicted molar refractivity (Wildman–Crippen MR) is 71.2 cm³/mol. The van der Waals surface area contributed by atoms with Crippen molar-refractivity contribution in [1.29, 1.82) is 0 Å². The van der Waals surface area contributed by atoms with E-state index in [0.29, 0.717) is 0 Å². The summed E-state index contributed by atoms with van der Waals surface area (Å²) in [4.78, 5) is 24.3. The summed E-state index contributed by atoms with van der Waals surface area (Å²) in [5, 5.41) is 22.5. The normalized spacial score (nSPS) is 11.8. The van der Waals surface area contributed by atoms with E-state index in [9.17, 15) is 20.0 Å².